The Hall–Kier alpha value is -1.52. The van der Waals surface area contributed by atoms with Gasteiger partial charge in [0.2, 0.25) is 0 Å². The molecule has 1 atom stereocenters. The number of carbonyl (C=O) groups excluding carboxylic acids is 1. The van der Waals surface area contributed by atoms with Crippen LogP contribution in [-0.4, -0.2) is 16.2 Å². The van der Waals surface area contributed by atoms with Crippen LogP contribution in [0.4, 0.5) is 0 Å². The number of nitrogens with one attached hydrogen (secondary N) is 1. The van der Waals surface area contributed by atoms with Crippen LogP contribution >= 0.6 is 23.2 Å². The van der Waals surface area contributed by atoms with E-state index in [-0.39, 0.29) is 11.6 Å². The number of hydrogen-bond donors (Lipinski definition) is 1. The van der Waals surface area contributed by atoms with Gasteiger partial charge >= 0.3 is 5.97 Å². The van der Waals surface area contributed by atoms with E-state index in [1.807, 2.05) is 13.8 Å². The van der Waals surface area contributed by atoms with Crippen LogP contribution in [0.15, 0.2) is 24.3 Å². The number of H-pyrrole nitrogens is 1. The molecule has 1 aromatic carbocycles. The fourth-order valence-corrected chi connectivity index (χ4v) is 2.41. The van der Waals surface area contributed by atoms with E-state index in [0.29, 0.717) is 15.6 Å². The minimum absolute atomic E-state index is 0.260. The monoisotopic (exact) mass is 326 g/mol. The maximum atomic E-state index is 12.1. The predicted molar refractivity (Wildman–Crippen MR) is 83.0 cm³/mol. The molecule has 0 aliphatic rings. The molecular formula is C15H16Cl2N2O2. The molecule has 0 amide bonds. The van der Waals surface area contributed by atoms with E-state index in [4.69, 9.17) is 27.9 Å². The van der Waals surface area contributed by atoms with E-state index in [1.54, 1.807) is 31.2 Å². The highest BCUT2D eigenvalue weighted by atomic mass is 35.5. The highest BCUT2D eigenvalue weighted by molar-refractivity contribution is 6.35. The average molecular weight is 327 g/mol. The highest BCUT2D eigenvalue weighted by Crippen LogP contribution is 2.28. The summed E-state index contributed by atoms with van der Waals surface area (Å²) in [5.74, 6) is -0.223. The molecule has 112 valence electrons. The molecular weight excluding hydrogens is 311 g/mol. The Morgan fingerprint density at radius 3 is 2.52 bits per heavy atom. The third kappa shape index (κ3) is 3.77. The molecule has 4 nitrogen and oxygen atoms in total. The number of aromatic amines is 1. The van der Waals surface area contributed by atoms with Gasteiger partial charge < -0.3 is 4.74 Å². The summed E-state index contributed by atoms with van der Waals surface area (Å²) in [6.07, 6.45) is -0.485. The van der Waals surface area contributed by atoms with E-state index in [2.05, 4.69) is 10.2 Å². The van der Waals surface area contributed by atoms with Crippen molar-refractivity contribution in [2.75, 3.05) is 0 Å². The van der Waals surface area contributed by atoms with Crippen molar-refractivity contribution in [1.29, 1.82) is 0 Å². The fourth-order valence-electron chi connectivity index (χ4n) is 1.85. The number of esters is 1. The average Bonchev–Trinajstić information content (AvgIpc) is 2.88. The number of nitrogens with zero attached hydrogens (tertiary/aromatic N) is 1. The number of halogens is 2. The van der Waals surface area contributed by atoms with E-state index >= 15 is 0 Å². The van der Waals surface area contributed by atoms with Crippen molar-refractivity contribution >= 4 is 29.2 Å². The van der Waals surface area contributed by atoms with Gasteiger partial charge in [0.25, 0.3) is 0 Å². The van der Waals surface area contributed by atoms with Crippen LogP contribution < -0.4 is 0 Å². The van der Waals surface area contributed by atoms with Crippen molar-refractivity contribution in [2.24, 2.45) is 0 Å². The standard InChI is InChI=1S/C15H16Cl2N2O2/c1-8(2)13-7-14(19-18-13)15(20)21-9(3)11-5-4-10(16)6-12(11)17/h4-9H,1-3H3,(H,18,19). The fraction of sp³-hybridized carbons (Fsp3) is 0.333. The predicted octanol–water partition coefficient (Wildman–Crippen LogP) is 4.76. The van der Waals surface area contributed by atoms with Gasteiger partial charge in [0.15, 0.2) is 5.69 Å². The van der Waals surface area contributed by atoms with Crippen molar-refractivity contribution in [3.8, 4) is 0 Å². The van der Waals surface area contributed by atoms with Gasteiger partial charge in [0.05, 0.1) is 0 Å². The molecule has 2 aromatic rings. The smallest absolute Gasteiger partial charge is 0.359 e. The lowest BCUT2D eigenvalue weighted by atomic mass is 10.1. The Bertz CT molecular complexity index is 653. The van der Waals surface area contributed by atoms with Crippen molar-refractivity contribution < 1.29 is 9.53 Å². The number of benzene rings is 1. The zero-order valence-corrected chi connectivity index (χ0v) is 13.5. The zero-order valence-electron chi connectivity index (χ0n) is 12.0. The van der Waals surface area contributed by atoms with Gasteiger partial charge in [-0.15, -0.1) is 0 Å². The second kappa shape index (κ2) is 6.50. The molecule has 1 heterocycles. The van der Waals surface area contributed by atoms with Crippen LogP contribution in [0.25, 0.3) is 0 Å². The highest BCUT2D eigenvalue weighted by Gasteiger charge is 2.19. The molecule has 1 unspecified atom stereocenters. The molecule has 0 bridgehead atoms. The maximum absolute atomic E-state index is 12.1. The van der Waals surface area contributed by atoms with Crippen molar-refractivity contribution in [1.82, 2.24) is 10.2 Å². The molecule has 1 N–H and O–H groups in total. The summed E-state index contributed by atoms with van der Waals surface area (Å²) in [4.78, 5) is 12.1. The van der Waals surface area contributed by atoms with Crippen molar-refractivity contribution in [2.45, 2.75) is 32.8 Å². The summed E-state index contributed by atoms with van der Waals surface area (Å²) < 4.78 is 5.39. The van der Waals surface area contributed by atoms with Gasteiger partial charge in [-0.05, 0) is 31.0 Å². The first-order valence-corrected chi connectivity index (χ1v) is 7.35. The third-order valence-electron chi connectivity index (χ3n) is 3.11. The van der Waals surface area contributed by atoms with Gasteiger partial charge in [-0.1, -0.05) is 43.1 Å². The molecule has 1 aromatic heterocycles. The van der Waals surface area contributed by atoms with E-state index in [9.17, 15) is 4.79 Å². The number of ether oxygens (including phenoxy) is 1. The SMILES string of the molecule is CC(C)c1cc(C(=O)OC(C)c2ccc(Cl)cc2Cl)n[nH]1. The Balaban J connectivity index is 2.11. The normalized spacial score (nSPS) is 12.5. The first-order valence-electron chi connectivity index (χ1n) is 6.59. The third-order valence-corrected chi connectivity index (χ3v) is 3.68. The Kier molecular flexibility index (Phi) is 4.91. The molecule has 0 saturated heterocycles. The van der Waals surface area contributed by atoms with Gasteiger partial charge in [-0.25, -0.2) is 4.79 Å². The molecule has 6 heteroatoms. The van der Waals surface area contributed by atoms with E-state index in [0.717, 1.165) is 5.69 Å². The van der Waals surface area contributed by atoms with Crippen LogP contribution in [-0.2, 0) is 4.74 Å². The molecule has 0 aliphatic heterocycles. The van der Waals surface area contributed by atoms with Gasteiger partial charge in [0.1, 0.15) is 6.10 Å². The number of rotatable bonds is 4. The van der Waals surface area contributed by atoms with Crippen LogP contribution in [0.2, 0.25) is 10.0 Å². The lowest BCUT2D eigenvalue weighted by Gasteiger charge is -2.14. The molecule has 0 radical (unpaired) electrons. The van der Waals surface area contributed by atoms with Gasteiger partial charge in [0, 0.05) is 21.3 Å². The molecule has 21 heavy (non-hydrogen) atoms. The van der Waals surface area contributed by atoms with Crippen LogP contribution in [0.1, 0.15) is 54.5 Å². The summed E-state index contributed by atoms with van der Waals surface area (Å²) in [5.41, 5.74) is 1.85. The summed E-state index contributed by atoms with van der Waals surface area (Å²) >= 11 is 12.0. The topological polar surface area (TPSA) is 55.0 Å². The summed E-state index contributed by atoms with van der Waals surface area (Å²) in [7, 11) is 0. The second-order valence-electron chi connectivity index (χ2n) is 5.08. The van der Waals surface area contributed by atoms with E-state index < -0.39 is 12.1 Å². The van der Waals surface area contributed by atoms with Gasteiger partial charge in [-0.3, -0.25) is 5.10 Å². The van der Waals surface area contributed by atoms with E-state index in [1.165, 1.54) is 0 Å². The quantitative estimate of drug-likeness (QED) is 0.824. The zero-order chi connectivity index (χ0) is 15.6. The first-order chi connectivity index (χ1) is 9.88. The van der Waals surface area contributed by atoms with Crippen LogP contribution in [0, 0.1) is 0 Å². The molecule has 0 saturated carbocycles. The minimum atomic E-state index is -0.489. The minimum Gasteiger partial charge on any atom is -0.453 e. The largest absolute Gasteiger partial charge is 0.453 e. The molecule has 2 rings (SSSR count). The molecule has 0 fully saturated rings. The Morgan fingerprint density at radius 1 is 1.24 bits per heavy atom. The van der Waals surface area contributed by atoms with Crippen LogP contribution in [0.3, 0.4) is 0 Å². The van der Waals surface area contributed by atoms with Crippen molar-refractivity contribution in [3.63, 3.8) is 0 Å². The summed E-state index contributed by atoms with van der Waals surface area (Å²) in [6.45, 7) is 5.78. The summed E-state index contributed by atoms with van der Waals surface area (Å²) in [5, 5.41) is 7.79. The van der Waals surface area contributed by atoms with Crippen LogP contribution in [0.5, 0.6) is 0 Å². The lowest BCUT2D eigenvalue weighted by Crippen LogP contribution is -2.10. The molecule has 0 aliphatic carbocycles. The lowest BCUT2D eigenvalue weighted by molar-refractivity contribution is 0.0331. The second-order valence-corrected chi connectivity index (χ2v) is 5.92. The number of hydrogen-bond acceptors (Lipinski definition) is 3. The maximum Gasteiger partial charge on any atom is 0.359 e. The number of carbonyl (C=O) groups is 1. The Morgan fingerprint density at radius 2 is 1.95 bits per heavy atom. The first kappa shape index (κ1) is 15.9. The molecule has 0 spiro atoms. The summed E-state index contributed by atoms with van der Waals surface area (Å²) in [6, 6.07) is 6.77. The number of aromatic nitrogens is 2. The van der Waals surface area contributed by atoms with Crippen molar-refractivity contribution in [3.05, 3.63) is 51.3 Å². The van der Waals surface area contributed by atoms with Gasteiger partial charge in [-0.2, -0.15) is 5.10 Å². The Labute approximate surface area is 133 Å².